The van der Waals surface area contributed by atoms with E-state index in [4.69, 9.17) is 5.73 Å². The number of hydrogen-bond donors (Lipinski definition) is 2. The summed E-state index contributed by atoms with van der Waals surface area (Å²) in [5.74, 6) is -0.282. The summed E-state index contributed by atoms with van der Waals surface area (Å²) in [6.07, 6.45) is 1.59. The van der Waals surface area contributed by atoms with E-state index in [1.165, 1.54) is 25.4 Å². The molecular formula is C10H15N3O4S. The van der Waals surface area contributed by atoms with Crippen LogP contribution in [0, 0.1) is 0 Å². The fourth-order valence-electron chi connectivity index (χ4n) is 1.20. The summed E-state index contributed by atoms with van der Waals surface area (Å²) in [6, 6.07) is 3.01. The van der Waals surface area contributed by atoms with Crippen LogP contribution >= 0.6 is 0 Å². The summed E-state index contributed by atoms with van der Waals surface area (Å²) in [5, 5.41) is 0. The van der Waals surface area contributed by atoms with E-state index in [2.05, 4.69) is 14.4 Å². The third-order valence-corrected chi connectivity index (χ3v) is 3.45. The highest BCUT2D eigenvalue weighted by molar-refractivity contribution is 7.92. The molecule has 0 aliphatic carbocycles. The Balaban J connectivity index is 2.49. The van der Waals surface area contributed by atoms with Crippen LogP contribution < -0.4 is 10.5 Å². The average molecular weight is 273 g/mol. The highest BCUT2D eigenvalue weighted by Crippen LogP contribution is 2.10. The van der Waals surface area contributed by atoms with Gasteiger partial charge in [0.15, 0.2) is 0 Å². The van der Waals surface area contributed by atoms with Gasteiger partial charge < -0.3 is 10.5 Å². The van der Waals surface area contributed by atoms with Gasteiger partial charge in [-0.15, -0.1) is 0 Å². The van der Waals surface area contributed by atoms with E-state index in [-0.39, 0.29) is 18.6 Å². The van der Waals surface area contributed by atoms with Crippen LogP contribution in [-0.2, 0) is 19.6 Å². The van der Waals surface area contributed by atoms with Crippen molar-refractivity contribution in [2.45, 2.75) is 12.8 Å². The number of nitrogens with one attached hydrogen (secondary N) is 1. The van der Waals surface area contributed by atoms with Crippen molar-refractivity contribution in [3.8, 4) is 0 Å². The number of sulfonamides is 1. The highest BCUT2D eigenvalue weighted by Gasteiger charge is 2.12. The summed E-state index contributed by atoms with van der Waals surface area (Å²) < 4.78 is 30.0. The number of nitrogen functional groups attached to an aromatic ring is 1. The van der Waals surface area contributed by atoms with Crippen LogP contribution in [0.2, 0.25) is 0 Å². The minimum absolute atomic E-state index is 0.0669. The molecule has 0 spiro atoms. The number of esters is 1. The maximum Gasteiger partial charge on any atom is 0.305 e. The zero-order valence-electron chi connectivity index (χ0n) is 9.92. The van der Waals surface area contributed by atoms with Crippen molar-refractivity contribution in [2.24, 2.45) is 0 Å². The molecule has 7 nitrogen and oxygen atoms in total. The first-order valence-electron chi connectivity index (χ1n) is 5.22. The Morgan fingerprint density at radius 2 is 2.22 bits per heavy atom. The molecule has 1 aromatic heterocycles. The van der Waals surface area contributed by atoms with Gasteiger partial charge in [-0.3, -0.25) is 9.52 Å². The Morgan fingerprint density at radius 3 is 2.78 bits per heavy atom. The van der Waals surface area contributed by atoms with Crippen molar-refractivity contribution in [3.05, 3.63) is 18.3 Å². The molecule has 0 atom stereocenters. The number of ether oxygens (including phenoxy) is 1. The zero-order chi connectivity index (χ0) is 13.6. The largest absolute Gasteiger partial charge is 0.469 e. The molecule has 0 saturated heterocycles. The first-order valence-corrected chi connectivity index (χ1v) is 6.87. The first kappa shape index (κ1) is 14.2. The summed E-state index contributed by atoms with van der Waals surface area (Å²) in [5.41, 5.74) is 5.71. The Hall–Kier alpha value is -1.83. The number of carbonyl (C=O) groups excluding carboxylic acids is 1. The van der Waals surface area contributed by atoms with Crippen LogP contribution in [-0.4, -0.2) is 32.2 Å². The third kappa shape index (κ3) is 5.00. The van der Waals surface area contributed by atoms with E-state index in [0.29, 0.717) is 11.5 Å². The second kappa shape index (κ2) is 6.20. The van der Waals surface area contributed by atoms with Crippen molar-refractivity contribution >= 4 is 27.5 Å². The standard InChI is InChI=1S/C10H15N3O4S/c1-17-10(14)3-2-6-18(15,16)13-8-4-5-9(11)12-7-8/h4-5,7,13H,2-3,6H2,1H3,(H2,11,12). The number of carbonyl (C=O) groups is 1. The predicted molar refractivity (Wildman–Crippen MR) is 67.3 cm³/mol. The van der Waals surface area contributed by atoms with E-state index in [1.807, 2.05) is 0 Å². The van der Waals surface area contributed by atoms with Gasteiger partial charge in [-0.1, -0.05) is 0 Å². The molecule has 0 aliphatic rings. The normalized spacial score (nSPS) is 10.9. The van der Waals surface area contributed by atoms with Crippen molar-refractivity contribution < 1.29 is 17.9 Å². The summed E-state index contributed by atoms with van der Waals surface area (Å²) >= 11 is 0. The average Bonchev–Trinajstić information content (AvgIpc) is 2.31. The van der Waals surface area contributed by atoms with Gasteiger partial charge in [0, 0.05) is 6.42 Å². The van der Waals surface area contributed by atoms with Gasteiger partial charge >= 0.3 is 5.97 Å². The van der Waals surface area contributed by atoms with Crippen molar-refractivity contribution in [1.82, 2.24) is 4.98 Å². The second-order valence-electron chi connectivity index (χ2n) is 3.57. The monoisotopic (exact) mass is 273 g/mol. The highest BCUT2D eigenvalue weighted by atomic mass is 32.2. The Kier molecular flexibility index (Phi) is 4.90. The predicted octanol–water partition coefficient (Wildman–Crippen LogP) is 0.359. The number of rotatable bonds is 6. The Labute approximate surface area is 105 Å². The number of hydrogen-bond acceptors (Lipinski definition) is 6. The fourth-order valence-corrected chi connectivity index (χ4v) is 2.31. The summed E-state index contributed by atoms with van der Waals surface area (Å²) in [4.78, 5) is 14.6. The van der Waals surface area contributed by atoms with E-state index in [9.17, 15) is 13.2 Å². The molecule has 0 radical (unpaired) electrons. The van der Waals surface area contributed by atoms with Crippen molar-refractivity contribution in [3.63, 3.8) is 0 Å². The molecule has 1 heterocycles. The van der Waals surface area contributed by atoms with E-state index >= 15 is 0 Å². The Morgan fingerprint density at radius 1 is 1.50 bits per heavy atom. The molecule has 0 aromatic carbocycles. The van der Waals surface area contributed by atoms with Crippen LogP contribution in [0.5, 0.6) is 0 Å². The number of aromatic nitrogens is 1. The van der Waals surface area contributed by atoms with E-state index in [1.54, 1.807) is 0 Å². The molecule has 3 N–H and O–H groups in total. The quantitative estimate of drug-likeness (QED) is 0.724. The van der Waals surface area contributed by atoms with Crippen molar-refractivity contribution in [2.75, 3.05) is 23.3 Å². The lowest BCUT2D eigenvalue weighted by molar-refractivity contribution is -0.140. The smallest absolute Gasteiger partial charge is 0.305 e. The maximum absolute atomic E-state index is 11.6. The molecule has 0 saturated carbocycles. The van der Waals surface area contributed by atoms with Gasteiger partial charge in [-0.25, -0.2) is 13.4 Å². The van der Waals surface area contributed by atoms with Crippen LogP contribution in [0.15, 0.2) is 18.3 Å². The number of methoxy groups -OCH3 is 1. The number of nitrogens with zero attached hydrogens (tertiary/aromatic N) is 1. The van der Waals surface area contributed by atoms with Gasteiger partial charge in [-0.2, -0.15) is 0 Å². The number of anilines is 2. The lowest BCUT2D eigenvalue weighted by Crippen LogP contribution is -2.17. The molecule has 1 aromatic rings. The maximum atomic E-state index is 11.6. The zero-order valence-corrected chi connectivity index (χ0v) is 10.7. The first-order chi connectivity index (χ1) is 8.43. The lowest BCUT2D eigenvalue weighted by atomic mass is 10.3. The van der Waals surface area contributed by atoms with Crippen LogP contribution in [0.4, 0.5) is 11.5 Å². The number of nitrogens with two attached hydrogens (primary N) is 1. The van der Waals surface area contributed by atoms with Crippen LogP contribution in [0.25, 0.3) is 0 Å². The van der Waals surface area contributed by atoms with E-state index in [0.717, 1.165) is 0 Å². The molecular weight excluding hydrogens is 258 g/mol. The summed E-state index contributed by atoms with van der Waals surface area (Å²) in [6.45, 7) is 0. The molecule has 0 bridgehead atoms. The van der Waals surface area contributed by atoms with Gasteiger partial charge in [0.05, 0.1) is 24.7 Å². The van der Waals surface area contributed by atoms with Gasteiger partial charge in [0.1, 0.15) is 5.82 Å². The molecule has 0 amide bonds. The van der Waals surface area contributed by atoms with Gasteiger partial charge in [-0.05, 0) is 18.6 Å². The minimum Gasteiger partial charge on any atom is -0.469 e. The minimum atomic E-state index is -3.49. The molecule has 0 fully saturated rings. The molecule has 8 heteroatoms. The van der Waals surface area contributed by atoms with Crippen molar-refractivity contribution in [1.29, 1.82) is 0 Å². The second-order valence-corrected chi connectivity index (χ2v) is 5.41. The van der Waals surface area contributed by atoms with Crippen LogP contribution in [0.3, 0.4) is 0 Å². The lowest BCUT2D eigenvalue weighted by Gasteiger charge is -2.07. The molecule has 18 heavy (non-hydrogen) atoms. The molecule has 0 aliphatic heterocycles. The molecule has 100 valence electrons. The van der Waals surface area contributed by atoms with E-state index < -0.39 is 16.0 Å². The molecule has 0 unspecified atom stereocenters. The van der Waals surface area contributed by atoms with Crippen LogP contribution in [0.1, 0.15) is 12.8 Å². The van der Waals surface area contributed by atoms with Gasteiger partial charge in [0.2, 0.25) is 10.0 Å². The molecule has 1 rings (SSSR count). The van der Waals surface area contributed by atoms with Gasteiger partial charge in [0.25, 0.3) is 0 Å². The SMILES string of the molecule is COC(=O)CCCS(=O)(=O)Nc1ccc(N)nc1. The Bertz CT molecular complexity index is 498. The third-order valence-electron chi connectivity index (χ3n) is 2.08. The number of pyridine rings is 1. The topological polar surface area (TPSA) is 111 Å². The summed E-state index contributed by atoms with van der Waals surface area (Å²) in [7, 11) is -2.23. The fraction of sp³-hybridized carbons (Fsp3) is 0.400.